The first kappa shape index (κ1) is 17.0. The van der Waals surface area contributed by atoms with Crippen molar-refractivity contribution >= 4 is 17.9 Å². The SMILES string of the molecule is NC(=O)CN(CC(=O)O)C(=O)NCCOCC(F)F. The number of amides is 3. The van der Waals surface area contributed by atoms with Crippen LogP contribution in [0.5, 0.6) is 0 Å². The van der Waals surface area contributed by atoms with Crippen LogP contribution in [-0.4, -0.2) is 67.2 Å². The number of alkyl halides is 2. The average molecular weight is 283 g/mol. The summed E-state index contributed by atoms with van der Waals surface area (Å²) in [7, 11) is 0. The van der Waals surface area contributed by atoms with Crippen LogP contribution in [0.25, 0.3) is 0 Å². The highest BCUT2D eigenvalue weighted by Crippen LogP contribution is 1.92. The van der Waals surface area contributed by atoms with E-state index in [0.717, 1.165) is 0 Å². The molecule has 0 aromatic rings. The fraction of sp³-hybridized carbons (Fsp3) is 0.667. The molecular formula is C9H15F2N3O5. The first-order valence-corrected chi connectivity index (χ1v) is 5.21. The maximum atomic E-state index is 11.7. The zero-order valence-corrected chi connectivity index (χ0v) is 9.97. The summed E-state index contributed by atoms with van der Waals surface area (Å²) in [4.78, 5) is 33.2. The van der Waals surface area contributed by atoms with Crippen LogP contribution < -0.4 is 11.1 Å². The molecule has 0 aromatic carbocycles. The molecule has 19 heavy (non-hydrogen) atoms. The van der Waals surface area contributed by atoms with Crippen LogP contribution >= 0.6 is 0 Å². The minimum absolute atomic E-state index is 0.0968. The summed E-state index contributed by atoms with van der Waals surface area (Å²) in [6.07, 6.45) is -2.60. The van der Waals surface area contributed by atoms with E-state index in [1.54, 1.807) is 0 Å². The number of carboxylic acid groups (broad SMARTS) is 1. The van der Waals surface area contributed by atoms with Gasteiger partial charge in [0.25, 0.3) is 6.43 Å². The summed E-state index contributed by atoms with van der Waals surface area (Å²) in [5.41, 5.74) is 4.85. The first-order chi connectivity index (χ1) is 8.82. The molecule has 0 aliphatic carbocycles. The minimum Gasteiger partial charge on any atom is -0.480 e. The van der Waals surface area contributed by atoms with Crippen molar-refractivity contribution in [2.24, 2.45) is 5.73 Å². The Bertz CT molecular complexity index is 311. The molecule has 0 atom stereocenters. The van der Waals surface area contributed by atoms with Crippen LogP contribution in [0.1, 0.15) is 0 Å². The van der Waals surface area contributed by atoms with E-state index in [0.29, 0.717) is 4.90 Å². The van der Waals surface area contributed by atoms with Gasteiger partial charge in [0.1, 0.15) is 19.7 Å². The van der Waals surface area contributed by atoms with Crippen LogP contribution in [0.4, 0.5) is 13.6 Å². The summed E-state index contributed by atoms with van der Waals surface area (Å²) in [6, 6.07) is -0.846. The molecule has 0 saturated carbocycles. The van der Waals surface area contributed by atoms with Crippen LogP contribution in [0, 0.1) is 0 Å². The van der Waals surface area contributed by atoms with Gasteiger partial charge in [0, 0.05) is 6.54 Å². The van der Waals surface area contributed by atoms with Gasteiger partial charge in [0.15, 0.2) is 0 Å². The Labute approximate surface area is 107 Å². The van der Waals surface area contributed by atoms with E-state index in [1.165, 1.54) is 0 Å². The van der Waals surface area contributed by atoms with Crippen LogP contribution in [0.3, 0.4) is 0 Å². The van der Waals surface area contributed by atoms with Gasteiger partial charge in [-0.1, -0.05) is 0 Å². The number of rotatable bonds is 9. The lowest BCUT2D eigenvalue weighted by Crippen LogP contribution is -2.47. The summed E-state index contributed by atoms with van der Waals surface area (Å²) < 4.78 is 27.9. The summed E-state index contributed by atoms with van der Waals surface area (Å²) in [6.45, 7) is -2.27. The molecule has 0 rings (SSSR count). The Kier molecular flexibility index (Phi) is 8.09. The molecule has 0 aliphatic rings. The van der Waals surface area contributed by atoms with Gasteiger partial charge in [-0.15, -0.1) is 0 Å². The number of halogens is 2. The molecule has 0 heterocycles. The smallest absolute Gasteiger partial charge is 0.323 e. The number of nitrogens with zero attached hydrogens (tertiary/aromatic N) is 1. The number of urea groups is 1. The van der Waals surface area contributed by atoms with Gasteiger partial charge in [-0.05, 0) is 0 Å². The standard InChI is InChI=1S/C9H15F2N3O5/c10-6(11)5-19-2-1-13-9(18)14(3-7(12)15)4-8(16)17/h6H,1-5H2,(H2,12,15)(H,13,18)(H,16,17). The lowest BCUT2D eigenvalue weighted by atomic mass is 10.4. The molecule has 0 unspecified atom stereocenters. The Morgan fingerprint density at radius 3 is 2.42 bits per heavy atom. The predicted molar refractivity (Wildman–Crippen MR) is 58.6 cm³/mol. The third kappa shape index (κ3) is 9.71. The van der Waals surface area contributed by atoms with Gasteiger partial charge >= 0.3 is 12.0 Å². The number of nitrogens with one attached hydrogen (secondary N) is 1. The van der Waals surface area contributed by atoms with Crippen molar-refractivity contribution in [2.45, 2.75) is 6.43 Å². The number of hydrogen-bond donors (Lipinski definition) is 3. The van der Waals surface area contributed by atoms with Gasteiger partial charge < -0.3 is 25.8 Å². The van der Waals surface area contributed by atoms with Crippen molar-refractivity contribution in [3.63, 3.8) is 0 Å². The maximum absolute atomic E-state index is 11.7. The number of carboxylic acids is 1. The Hall–Kier alpha value is -1.97. The number of ether oxygens (including phenoxy) is 1. The number of primary amides is 1. The van der Waals surface area contributed by atoms with Crippen molar-refractivity contribution in [2.75, 3.05) is 32.8 Å². The topological polar surface area (TPSA) is 122 Å². The third-order valence-corrected chi connectivity index (χ3v) is 1.73. The number of carbonyl (C=O) groups is 3. The minimum atomic E-state index is -2.60. The van der Waals surface area contributed by atoms with E-state index >= 15 is 0 Å². The fourth-order valence-electron chi connectivity index (χ4n) is 1.07. The van der Waals surface area contributed by atoms with Gasteiger partial charge in [-0.3, -0.25) is 9.59 Å². The number of aliphatic carboxylic acids is 1. The van der Waals surface area contributed by atoms with E-state index in [4.69, 9.17) is 10.8 Å². The third-order valence-electron chi connectivity index (χ3n) is 1.73. The van der Waals surface area contributed by atoms with Gasteiger partial charge in [-0.2, -0.15) is 0 Å². The van der Waals surface area contributed by atoms with E-state index in [1.807, 2.05) is 0 Å². The molecule has 0 saturated heterocycles. The van der Waals surface area contributed by atoms with E-state index in [2.05, 4.69) is 10.1 Å². The Morgan fingerprint density at radius 1 is 1.32 bits per heavy atom. The predicted octanol–water partition coefficient (Wildman–Crippen LogP) is -1.15. The number of hydrogen-bond acceptors (Lipinski definition) is 4. The van der Waals surface area contributed by atoms with E-state index < -0.39 is 44.0 Å². The molecule has 0 aliphatic heterocycles. The normalized spacial score (nSPS) is 10.3. The molecular weight excluding hydrogens is 268 g/mol. The molecule has 0 aromatic heterocycles. The second-order valence-corrected chi connectivity index (χ2v) is 3.41. The molecule has 0 spiro atoms. The van der Waals surface area contributed by atoms with Crippen molar-refractivity contribution < 1.29 is 33.0 Å². The van der Waals surface area contributed by atoms with Crippen molar-refractivity contribution in [1.29, 1.82) is 0 Å². The largest absolute Gasteiger partial charge is 0.480 e. The lowest BCUT2D eigenvalue weighted by Gasteiger charge is -2.19. The van der Waals surface area contributed by atoms with E-state index in [-0.39, 0.29) is 13.2 Å². The molecule has 0 fully saturated rings. The highest BCUT2D eigenvalue weighted by molar-refractivity contribution is 5.85. The second-order valence-electron chi connectivity index (χ2n) is 3.41. The Morgan fingerprint density at radius 2 is 1.95 bits per heavy atom. The van der Waals surface area contributed by atoms with Crippen LogP contribution in [-0.2, 0) is 14.3 Å². The molecule has 110 valence electrons. The van der Waals surface area contributed by atoms with Crippen molar-refractivity contribution in [1.82, 2.24) is 10.2 Å². The van der Waals surface area contributed by atoms with Gasteiger partial charge in [0.2, 0.25) is 5.91 Å². The van der Waals surface area contributed by atoms with Gasteiger partial charge in [-0.25, -0.2) is 13.6 Å². The van der Waals surface area contributed by atoms with Crippen molar-refractivity contribution in [3.8, 4) is 0 Å². The fourth-order valence-corrected chi connectivity index (χ4v) is 1.07. The molecule has 10 heteroatoms. The van der Waals surface area contributed by atoms with Gasteiger partial charge in [0.05, 0.1) is 6.61 Å². The summed E-state index contributed by atoms with van der Waals surface area (Å²) in [5, 5.41) is 10.7. The molecule has 3 amide bonds. The zero-order chi connectivity index (χ0) is 14.8. The molecule has 4 N–H and O–H groups in total. The van der Waals surface area contributed by atoms with E-state index in [9.17, 15) is 23.2 Å². The number of nitrogens with two attached hydrogens (primary N) is 1. The monoisotopic (exact) mass is 283 g/mol. The van der Waals surface area contributed by atoms with Crippen molar-refractivity contribution in [3.05, 3.63) is 0 Å². The van der Waals surface area contributed by atoms with Crippen LogP contribution in [0.15, 0.2) is 0 Å². The van der Waals surface area contributed by atoms with Crippen LogP contribution in [0.2, 0.25) is 0 Å². The number of carbonyl (C=O) groups excluding carboxylic acids is 2. The molecule has 0 bridgehead atoms. The first-order valence-electron chi connectivity index (χ1n) is 5.21. The lowest BCUT2D eigenvalue weighted by molar-refractivity contribution is -0.137. The summed E-state index contributed by atoms with van der Waals surface area (Å²) >= 11 is 0. The molecule has 8 nitrogen and oxygen atoms in total. The molecule has 0 radical (unpaired) electrons. The highest BCUT2D eigenvalue weighted by atomic mass is 19.3. The zero-order valence-electron chi connectivity index (χ0n) is 9.97. The quantitative estimate of drug-likeness (QED) is 0.461. The second kappa shape index (κ2) is 9.03. The maximum Gasteiger partial charge on any atom is 0.323 e. The summed E-state index contributed by atoms with van der Waals surface area (Å²) in [5.74, 6) is -2.18. The average Bonchev–Trinajstić information content (AvgIpc) is 2.25. The Balaban J connectivity index is 4.03. The highest BCUT2D eigenvalue weighted by Gasteiger charge is 2.18.